The van der Waals surface area contributed by atoms with Gasteiger partial charge in [-0.25, -0.2) is 13.6 Å². The van der Waals surface area contributed by atoms with Crippen LogP contribution in [0.4, 0.5) is 13.2 Å². The molecule has 0 fully saturated rings. The molecule has 0 bridgehead atoms. The zero-order valence-corrected chi connectivity index (χ0v) is 7.08. The molecule has 0 aromatic carbocycles. The van der Waals surface area contributed by atoms with E-state index >= 15 is 0 Å². The van der Waals surface area contributed by atoms with Crippen LogP contribution in [-0.2, 0) is 10.0 Å². The molecule has 0 unspecified atom stereocenters. The highest BCUT2D eigenvalue weighted by Gasteiger charge is 2.26. The lowest BCUT2D eigenvalue weighted by molar-refractivity contribution is -0.135. The maximum Gasteiger partial charge on any atom is 0.389 e. The van der Waals surface area contributed by atoms with Crippen LogP contribution in [-0.4, -0.2) is 20.3 Å². The fourth-order valence-corrected chi connectivity index (χ4v) is 1.24. The van der Waals surface area contributed by atoms with Crippen molar-refractivity contribution in [2.75, 3.05) is 5.75 Å². The standard InChI is InChI=1S/C5H10F3NO2S/c6-5(7,8)3-1-2-4-12(9,10)11/h1-4H2,(H2,9,10,11). The number of halogens is 3. The van der Waals surface area contributed by atoms with Crippen molar-refractivity contribution in [3.63, 3.8) is 0 Å². The Hall–Kier alpha value is -0.300. The van der Waals surface area contributed by atoms with Crippen molar-refractivity contribution >= 4 is 10.0 Å². The quantitative estimate of drug-likeness (QED) is 0.696. The van der Waals surface area contributed by atoms with E-state index in [1.165, 1.54) is 0 Å². The number of nitrogens with two attached hydrogens (primary N) is 1. The van der Waals surface area contributed by atoms with E-state index in [2.05, 4.69) is 5.14 Å². The molecule has 0 aromatic rings. The van der Waals surface area contributed by atoms with E-state index in [9.17, 15) is 21.6 Å². The van der Waals surface area contributed by atoms with Gasteiger partial charge in [0.05, 0.1) is 5.75 Å². The molecule has 0 spiro atoms. The summed E-state index contributed by atoms with van der Waals surface area (Å²) in [7, 11) is -3.61. The van der Waals surface area contributed by atoms with E-state index in [4.69, 9.17) is 0 Å². The molecule has 7 heteroatoms. The molecule has 0 rings (SSSR count). The van der Waals surface area contributed by atoms with Gasteiger partial charge in [-0.2, -0.15) is 13.2 Å². The number of unbranched alkanes of at least 4 members (excludes halogenated alkanes) is 1. The van der Waals surface area contributed by atoms with Crippen LogP contribution in [0, 0.1) is 0 Å². The van der Waals surface area contributed by atoms with Crippen molar-refractivity contribution in [1.29, 1.82) is 0 Å². The van der Waals surface area contributed by atoms with Gasteiger partial charge in [-0.1, -0.05) is 0 Å². The van der Waals surface area contributed by atoms with Crippen LogP contribution in [0.2, 0.25) is 0 Å². The van der Waals surface area contributed by atoms with Crippen molar-refractivity contribution in [2.45, 2.75) is 25.4 Å². The first-order valence-electron chi connectivity index (χ1n) is 3.28. The van der Waals surface area contributed by atoms with Crippen LogP contribution in [0.25, 0.3) is 0 Å². The lowest BCUT2D eigenvalue weighted by Crippen LogP contribution is -2.17. The van der Waals surface area contributed by atoms with Crippen molar-refractivity contribution in [2.24, 2.45) is 5.14 Å². The van der Waals surface area contributed by atoms with Gasteiger partial charge in [0.1, 0.15) is 0 Å². The lowest BCUT2D eigenvalue weighted by Gasteiger charge is -2.04. The minimum Gasteiger partial charge on any atom is -0.229 e. The topological polar surface area (TPSA) is 60.2 Å². The van der Waals surface area contributed by atoms with E-state index in [0.717, 1.165) is 0 Å². The summed E-state index contributed by atoms with van der Waals surface area (Å²) in [6, 6.07) is 0. The van der Waals surface area contributed by atoms with E-state index in [-0.39, 0.29) is 18.6 Å². The fourth-order valence-electron chi connectivity index (χ4n) is 0.629. The number of sulfonamides is 1. The Bertz CT molecular complexity index is 221. The Morgan fingerprint density at radius 2 is 1.67 bits per heavy atom. The van der Waals surface area contributed by atoms with E-state index < -0.39 is 22.6 Å². The lowest BCUT2D eigenvalue weighted by atomic mass is 10.2. The van der Waals surface area contributed by atoms with Crippen molar-refractivity contribution in [3.8, 4) is 0 Å². The number of hydrogen-bond acceptors (Lipinski definition) is 2. The molecule has 3 nitrogen and oxygen atoms in total. The molecule has 2 N–H and O–H groups in total. The predicted octanol–water partition coefficient (Wildman–Crippen LogP) is 1.01. The molecular weight excluding hydrogens is 195 g/mol. The Labute approximate surface area is 68.8 Å². The fraction of sp³-hybridized carbons (Fsp3) is 1.00. The smallest absolute Gasteiger partial charge is 0.229 e. The van der Waals surface area contributed by atoms with Crippen molar-refractivity contribution in [1.82, 2.24) is 0 Å². The molecule has 0 aliphatic heterocycles. The van der Waals surface area contributed by atoms with Crippen LogP contribution in [0.15, 0.2) is 0 Å². The monoisotopic (exact) mass is 205 g/mol. The first-order valence-corrected chi connectivity index (χ1v) is 4.99. The number of hydrogen-bond donors (Lipinski definition) is 1. The van der Waals surface area contributed by atoms with Gasteiger partial charge < -0.3 is 0 Å². The third-order valence-electron chi connectivity index (χ3n) is 1.14. The average Bonchev–Trinajstić information content (AvgIpc) is 1.76. The summed E-state index contributed by atoms with van der Waals surface area (Å²) in [5.41, 5.74) is 0. The molecule has 0 radical (unpaired) electrons. The molecule has 0 atom stereocenters. The molecular formula is C5H10F3NO2S. The van der Waals surface area contributed by atoms with Crippen LogP contribution in [0.1, 0.15) is 19.3 Å². The molecule has 0 saturated heterocycles. The predicted molar refractivity (Wildman–Crippen MR) is 37.9 cm³/mol. The first kappa shape index (κ1) is 11.7. The SMILES string of the molecule is NS(=O)(=O)CCCCC(F)(F)F. The second-order valence-corrected chi connectivity index (χ2v) is 4.17. The van der Waals surface area contributed by atoms with Gasteiger partial charge in [0.15, 0.2) is 0 Å². The molecule has 0 aliphatic rings. The Kier molecular flexibility index (Phi) is 3.98. The zero-order valence-electron chi connectivity index (χ0n) is 6.26. The van der Waals surface area contributed by atoms with Gasteiger partial charge in [0, 0.05) is 6.42 Å². The van der Waals surface area contributed by atoms with E-state index in [0.29, 0.717) is 0 Å². The number of primary sulfonamides is 1. The highest BCUT2D eigenvalue weighted by molar-refractivity contribution is 7.89. The Morgan fingerprint density at radius 1 is 1.17 bits per heavy atom. The van der Waals surface area contributed by atoms with Crippen LogP contribution < -0.4 is 5.14 Å². The maximum atomic E-state index is 11.5. The third-order valence-corrected chi connectivity index (χ3v) is 2.00. The summed E-state index contributed by atoms with van der Waals surface area (Å²) in [5, 5.41) is 4.58. The van der Waals surface area contributed by atoms with Crippen LogP contribution in [0.3, 0.4) is 0 Å². The van der Waals surface area contributed by atoms with Crippen molar-refractivity contribution in [3.05, 3.63) is 0 Å². The molecule has 0 amide bonds. The molecule has 0 aliphatic carbocycles. The van der Waals surface area contributed by atoms with Gasteiger partial charge in [0.25, 0.3) is 0 Å². The molecule has 0 heterocycles. The average molecular weight is 205 g/mol. The highest BCUT2D eigenvalue weighted by atomic mass is 32.2. The zero-order chi connectivity index (χ0) is 9.83. The van der Waals surface area contributed by atoms with Crippen LogP contribution in [0.5, 0.6) is 0 Å². The summed E-state index contributed by atoms with van der Waals surface area (Å²) < 4.78 is 55.0. The summed E-state index contributed by atoms with van der Waals surface area (Å²) in [4.78, 5) is 0. The molecule has 0 aromatic heterocycles. The summed E-state index contributed by atoms with van der Waals surface area (Å²) in [6.45, 7) is 0. The maximum absolute atomic E-state index is 11.5. The van der Waals surface area contributed by atoms with Gasteiger partial charge in [-0.05, 0) is 12.8 Å². The summed E-state index contributed by atoms with van der Waals surface area (Å²) in [6.07, 6.45) is -5.40. The minimum atomic E-state index is -4.21. The normalized spacial score (nSPS) is 13.3. The molecule has 0 saturated carbocycles. The largest absolute Gasteiger partial charge is 0.389 e. The second kappa shape index (κ2) is 4.08. The summed E-state index contributed by atoms with van der Waals surface area (Å²) >= 11 is 0. The van der Waals surface area contributed by atoms with E-state index in [1.54, 1.807) is 0 Å². The third kappa shape index (κ3) is 9.70. The Morgan fingerprint density at radius 3 is 2.00 bits per heavy atom. The van der Waals surface area contributed by atoms with Gasteiger partial charge in [0.2, 0.25) is 10.0 Å². The van der Waals surface area contributed by atoms with Gasteiger partial charge in [-0.15, -0.1) is 0 Å². The van der Waals surface area contributed by atoms with Crippen LogP contribution >= 0.6 is 0 Å². The van der Waals surface area contributed by atoms with Gasteiger partial charge in [-0.3, -0.25) is 0 Å². The minimum absolute atomic E-state index is 0.0433. The van der Waals surface area contributed by atoms with Gasteiger partial charge >= 0.3 is 6.18 Å². The highest BCUT2D eigenvalue weighted by Crippen LogP contribution is 2.22. The van der Waals surface area contributed by atoms with E-state index in [1.807, 2.05) is 0 Å². The first-order chi connectivity index (χ1) is 5.21. The number of rotatable bonds is 4. The second-order valence-electron chi connectivity index (χ2n) is 2.44. The summed E-state index contributed by atoms with van der Waals surface area (Å²) in [5.74, 6) is -0.386. The number of alkyl halides is 3. The Balaban J connectivity index is 3.48. The molecule has 12 heavy (non-hydrogen) atoms. The van der Waals surface area contributed by atoms with Crippen molar-refractivity contribution < 1.29 is 21.6 Å². The molecule has 74 valence electrons.